The van der Waals surface area contributed by atoms with Crippen LogP contribution >= 0.6 is 0 Å². The molecule has 0 spiro atoms. The molecule has 0 fully saturated rings. The Morgan fingerprint density at radius 1 is 1.44 bits per heavy atom. The number of carbonyl (C=O) groups is 1. The SMILES string of the molecule is C=CCCCN(C)C(=O)c1ccc(N)cc1. The lowest BCUT2D eigenvalue weighted by Gasteiger charge is -2.16. The highest BCUT2D eigenvalue weighted by molar-refractivity contribution is 5.94. The number of benzene rings is 1. The van der Waals surface area contributed by atoms with E-state index in [1.807, 2.05) is 13.1 Å². The fourth-order valence-electron chi connectivity index (χ4n) is 1.42. The second-order valence-corrected chi connectivity index (χ2v) is 3.78. The maximum atomic E-state index is 11.9. The van der Waals surface area contributed by atoms with Crippen LogP contribution in [0.15, 0.2) is 36.9 Å². The summed E-state index contributed by atoms with van der Waals surface area (Å²) < 4.78 is 0. The quantitative estimate of drug-likeness (QED) is 0.468. The van der Waals surface area contributed by atoms with E-state index in [4.69, 9.17) is 5.73 Å². The number of nitrogens with zero attached hydrogens (tertiary/aromatic N) is 1. The van der Waals surface area contributed by atoms with Gasteiger partial charge in [-0.1, -0.05) is 6.08 Å². The van der Waals surface area contributed by atoms with Crippen LogP contribution in [0.1, 0.15) is 23.2 Å². The number of anilines is 1. The van der Waals surface area contributed by atoms with Crippen LogP contribution in [0.5, 0.6) is 0 Å². The third kappa shape index (κ3) is 3.42. The van der Waals surface area contributed by atoms with Crippen LogP contribution in [0.25, 0.3) is 0 Å². The number of nitrogen functional groups attached to an aromatic ring is 1. The summed E-state index contributed by atoms with van der Waals surface area (Å²) in [6.07, 6.45) is 3.74. The Balaban J connectivity index is 2.56. The lowest BCUT2D eigenvalue weighted by molar-refractivity contribution is 0.0794. The number of rotatable bonds is 5. The van der Waals surface area contributed by atoms with Crippen molar-refractivity contribution >= 4 is 11.6 Å². The van der Waals surface area contributed by atoms with Crippen LogP contribution in [-0.2, 0) is 0 Å². The topological polar surface area (TPSA) is 46.3 Å². The van der Waals surface area contributed by atoms with Gasteiger partial charge in [-0.2, -0.15) is 0 Å². The maximum Gasteiger partial charge on any atom is 0.253 e. The first-order chi connectivity index (χ1) is 7.65. The van der Waals surface area contributed by atoms with Crippen molar-refractivity contribution in [2.24, 2.45) is 0 Å². The number of unbranched alkanes of at least 4 members (excludes halogenated alkanes) is 1. The maximum absolute atomic E-state index is 11.9. The summed E-state index contributed by atoms with van der Waals surface area (Å²) in [6, 6.07) is 6.99. The van der Waals surface area contributed by atoms with Gasteiger partial charge in [-0.25, -0.2) is 0 Å². The van der Waals surface area contributed by atoms with Crippen LogP contribution in [0.2, 0.25) is 0 Å². The van der Waals surface area contributed by atoms with Gasteiger partial charge in [-0.3, -0.25) is 4.79 Å². The van der Waals surface area contributed by atoms with Crippen molar-refractivity contribution in [2.75, 3.05) is 19.3 Å². The largest absolute Gasteiger partial charge is 0.399 e. The van der Waals surface area contributed by atoms with E-state index in [1.54, 1.807) is 29.2 Å². The van der Waals surface area contributed by atoms with Gasteiger partial charge >= 0.3 is 0 Å². The summed E-state index contributed by atoms with van der Waals surface area (Å²) in [7, 11) is 1.81. The number of amides is 1. The third-order valence-electron chi connectivity index (χ3n) is 2.41. The fraction of sp³-hybridized carbons (Fsp3) is 0.308. The zero-order chi connectivity index (χ0) is 12.0. The summed E-state index contributed by atoms with van der Waals surface area (Å²) in [5.41, 5.74) is 6.91. The first kappa shape index (κ1) is 12.3. The molecule has 0 saturated carbocycles. The van der Waals surface area contributed by atoms with Crippen LogP contribution in [0.3, 0.4) is 0 Å². The highest BCUT2D eigenvalue weighted by Crippen LogP contribution is 2.08. The molecule has 86 valence electrons. The number of hydrogen-bond acceptors (Lipinski definition) is 2. The highest BCUT2D eigenvalue weighted by Gasteiger charge is 2.10. The van der Waals surface area contributed by atoms with Gasteiger partial charge in [0, 0.05) is 24.8 Å². The van der Waals surface area contributed by atoms with Gasteiger partial charge in [0.15, 0.2) is 0 Å². The van der Waals surface area contributed by atoms with Gasteiger partial charge in [0.2, 0.25) is 0 Å². The van der Waals surface area contributed by atoms with Crippen molar-refractivity contribution in [3.8, 4) is 0 Å². The molecule has 0 saturated heterocycles. The number of allylic oxidation sites excluding steroid dienone is 1. The summed E-state index contributed by atoms with van der Waals surface area (Å²) in [5.74, 6) is 0.0315. The molecule has 1 aromatic rings. The molecule has 3 nitrogen and oxygen atoms in total. The van der Waals surface area contributed by atoms with E-state index in [1.165, 1.54) is 0 Å². The Morgan fingerprint density at radius 2 is 2.06 bits per heavy atom. The van der Waals surface area contributed by atoms with Crippen molar-refractivity contribution < 1.29 is 4.79 Å². The van der Waals surface area contributed by atoms with E-state index in [0.29, 0.717) is 11.3 Å². The van der Waals surface area contributed by atoms with Crippen LogP contribution in [0.4, 0.5) is 5.69 Å². The van der Waals surface area contributed by atoms with Gasteiger partial charge in [-0.15, -0.1) is 6.58 Å². The van der Waals surface area contributed by atoms with Crippen molar-refractivity contribution in [3.63, 3.8) is 0 Å². The molecule has 0 unspecified atom stereocenters. The molecule has 1 amide bonds. The Kier molecular flexibility index (Phi) is 4.58. The predicted octanol–water partition coefficient (Wildman–Crippen LogP) is 2.31. The summed E-state index contributed by atoms with van der Waals surface area (Å²) in [4.78, 5) is 13.6. The molecule has 0 radical (unpaired) electrons. The molecule has 2 N–H and O–H groups in total. The molecule has 16 heavy (non-hydrogen) atoms. The Bertz CT molecular complexity index is 357. The Hall–Kier alpha value is -1.77. The average Bonchev–Trinajstić information content (AvgIpc) is 2.29. The summed E-state index contributed by atoms with van der Waals surface area (Å²) in [6.45, 7) is 4.40. The number of carbonyl (C=O) groups excluding carboxylic acids is 1. The molecule has 0 heterocycles. The minimum atomic E-state index is 0.0315. The normalized spacial score (nSPS) is 9.81. The molecule has 0 aromatic heterocycles. The van der Waals surface area contributed by atoms with Crippen LogP contribution in [-0.4, -0.2) is 24.4 Å². The zero-order valence-electron chi connectivity index (χ0n) is 9.65. The molecule has 3 heteroatoms. The fourth-order valence-corrected chi connectivity index (χ4v) is 1.42. The molecule has 0 aliphatic heterocycles. The molecular formula is C13H18N2O. The summed E-state index contributed by atoms with van der Waals surface area (Å²) in [5, 5.41) is 0. The molecule has 1 aromatic carbocycles. The van der Waals surface area contributed by atoms with Crippen molar-refractivity contribution in [3.05, 3.63) is 42.5 Å². The second kappa shape index (κ2) is 5.95. The highest BCUT2D eigenvalue weighted by atomic mass is 16.2. The minimum absolute atomic E-state index is 0.0315. The van der Waals surface area contributed by atoms with Gasteiger partial charge < -0.3 is 10.6 Å². The van der Waals surface area contributed by atoms with Crippen molar-refractivity contribution in [2.45, 2.75) is 12.8 Å². The molecule has 0 aliphatic rings. The third-order valence-corrected chi connectivity index (χ3v) is 2.41. The monoisotopic (exact) mass is 218 g/mol. The standard InChI is InChI=1S/C13H18N2O/c1-3-4-5-10-15(2)13(16)11-6-8-12(14)9-7-11/h3,6-9H,1,4-5,10,14H2,2H3. The minimum Gasteiger partial charge on any atom is -0.399 e. The number of nitrogens with two attached hydrogens (primary N) is 1. The Labute approximate surface area is 96.6 Å². The predicted molar refractivity (Wildman–Crippen MR) is 67.2 cm³/mol. The zero-order valence-corrected chi connectivity index (χ0v) is 9.65. The number of hydrogen-bond donors (Lipinski definition) is 1. The second-order valence-electron chi connectivity index (χ2n) is 3.78. The van der Waals surface area contributed by atoms with E-state index in [0.717, 1.165) is 19.4 Å². The van der Waals surface area contributed by atoms with E-state index in [-0.39, 0.29) is 5.91 Å². The van der Waals surface area contributed by atoms with E-state index in [2.05, 4.69) is 6.58 Å². The first-order valence-electron chi connectivity index (χ1n) is 5.37. The van der Waals surface area contributed by atoms with Crippen LogP contribution < -0.4 is 5.73 Å². The lowest BCUT2D eigenvalue weighted by Crippen LogP contribution is -2.27. The van der Waals surface area contributed by atoms with Gasteiger partial charge in [0.1, 0.15) is 0 Å². The van der Waals surface area contributed by atoms with Crippen molar-refractivity contribution in [1.29, 1.82) is 0 Å². The molecule has 0 aliphatic carbocycles. The molecular weight excluding hydrogens is 200 g/mol. The van der Waals surface area contributed by atoms with E-state index in [9.17, 15) is 4.79 Å². The molecule has 0 bridgehead atoms. The molecule has 0 atom stereocenters. The summed E-state index contributed by atoms with van der Waals surface area (Å²) >= 11 is 0. The molecule has 1 rings (SSSR count). The van der Waals surface area contributed by atoms with Gasteiger partial charge in [0.25, 0.3) is 5.91 Å². The Morgan fingerprint density at radius 3 is 2.62 bits per heavy atom. The van der Waals surface area contributed by atoms with Gasteiger partial charge in [-0.05, 0) is 37.1 Å². The smallest absolute Gasteiger partial charge is 0.253 e. The lowest BCUT2D eigenvalue weighted by atomic mass is 10.2. The van der Waals surface area contributed by atoms with Gasteiger partial charge in [0.05, 0.1) is 0 Å². The van der Waals surface area contributed by atoms with E-state index >= 15 is 0 Å². The average molecular weight is 218 g/mol. The van der Waals surface area contributed by atoms with Crippen LogP contribution in [0, 0.1) is 0 Å². The first-order valence-corrected chi connectivity index (χ1v) is 5.37. The van der Waals surface area contributed by atoms with E-state index < -0.39 is 0 Å². The van der Waals surface area contributed by atoms with Crippen molar-refractivity contribution in [1.82, 2.24) is 4.90 Å².